The Bertz CT molecular complexity index is 315. The van der Waals surface area contributed by atoms with E-state index in [0.29, 0.717) is 11.3 Å². The minimum absolute atomic E-state index is 0.369. The summed E-state index contributed by atoms with van der Waals surface area (Å²) in [7, 11) is 0. The number of alkyl halides is 1. The first-order chi connectivity index (χ1) is 6.70. The first-order valence-corrected chi connectivity index (χ1v) is 5.89. The first kappa shape index (κ1) is 10.0. The zero-order valence-electron chi connectivity index (χ0n) is 8.89. The number of rotatable bonds is 3. The molecule has 0 aromatic heterocycles. The van der Waals surface area contributed by atoms with Crippen LogP contribution in [0.1, 0.15) is 31.4 Å². The molecule has 1 heteroatoms. The Kier molecular flexibility index (Phi) is 2.57. The van der Waals surface area contributed by atoms with Gasteiger partial charge in [-0.1, -0.05) is 38.1 Å². The highest BCUT2D eigenvalue weighted by molar-refractivity contribution is 6.18. The topological polar surface area (TPSA) is 0 Å². The van der Waals surface area contributed by atoms with Crippen molar-refractivity contribution in [2.24, 2.45) is 5.92 Å². The Hall–Kier alpha value is -0.490. The Labute approximate surface area is 91.3 Å². The molecule has 1 aromatic rings. The molecule has 1 aliphatic carbocycles. The fourth-order valence-electron chi connectivity index (χ4n) is 2.15. The molecular formula is C13H17Cl. The highest BCUT2D eigenvalue weighted by Crippen LogP contribution is 2.54. The van der Waals surface area contributed by atoms with Crippen LogP contribution in [0.25, 0.3) is 0 Å². The van der Waals surface area contributed by atoms with Crippen LogP contribution < -0.4 is 0 Å². The summed E-state index contributed by atoms with van der Waals surface area (Å²) in [6.45, 7) is 4.51. The Morgan fingerprint density at radius 3 is 2.43 bits per heavy atom. The van der Waals surface area contributed by atoms with Crippen LogP contribution in [0.2, 0.25) is 0 Å². The van der Waals surface area contributed by atoms with Crippen molar-refractivity contribution in [3.63, 3.8) is 0 Å². The second-order valence-electron chi connectivity index (χ2n) is 4.52. The van der Waals surface area contributed by atoms with Gasteiger partial charge in [0.05, 0.1) is 0 Å². The van der Waals surface area contributed by atoms with Crippen molar-refractivity contribution in [1.29, 1.82) is 0 Å². The van der Waals surface area contributed by atoms with Gasteiger partial charge in [0, 0.05) is 5.88 Å². The van der Waals surface area contributed by atoms with Crippen LogP contribution in [0, 0.1) is 5.92 Å². The van der Waals surface area contributed by atoms with Crippen LogP contribution in [-0.4, -0.2) is 5.88 Å². The molecule has 0 saturated heterocycles. The van der Waals surface area contributed by atoms with Gasteiger partial charge in [-0.3, -0.25) is 0 Å². The van der Waals surface area contributed by atoms with Gasteiger partial charge in [0.25, 0.3) is 0 Å². The second-order valence-corrected chi connectivity index (χ2v) is 4.83. The van der Waals surface area contributed by atoms with Crippen LogP contribution in [0.3, 0.4) is 0 Å². The molecule has 0 aliphatic heterocycles. The third-order valence-corrected chi connectivity index (χ3v) is 3.99. The lowest BCUT2D eigenvalue weighted by atomic mass is 9.94. The summed E-state index contributed by atoms with van der Waals surface area (Å²) in [5, 5.41) is 0. The van der Waals surface area contributed by atoms with Gasteiger partial charge < -0.3 is 0 Å². The highest BCUT2D eigenvalue weighted by Gasteiger charge is 2.50. The highest BCUT2D eigenvalue weighted by atomic mass is 35.5. The molecule has 76 valence electrons. The zero-order valence-corrected chi connectivity index (χ0v) is 9.64. The monoisotopic (exact) mass is 208 g/mol. The predicted molar refractivity (Wildman–Crippen MR) is 62.0 cm³/mol. The first-order valence-electron chi connectivity index (χ1n) is 5.36. The standard InChI is InChI=1S/C13H17Cl/c1-3-10-4-6-11(7-5-10)13(2)8-12(13)9-14/h4-7,12H,3,8-9H2,1-2H3. The van der Waals surface area contributed by atoms with Crippen molar-refractivity contribution < 1.29 is 0 Å². The fourth-order valence-corrected chi connectivity index (χ4v) is 2.60. The quantitative estimate of drug-likeness (QED) is 0.664. The van der Waals surface area contributed by atoms with Crippen molar-refractivity contribution in [2.45, 2.75) is 32.1 Å². The van der Waals surface area contributed by atoms with Crippen LogP contribution in [0.4, 0.5) is 0 Å². The average Bonchev–Trinajstić information content (AvgIpc) is 2.91. The summed E-state index contributed by atoms with van der Waals surface area (Å²) in [6.07, 6.45) is 2.37. The Morgan fingerprint density at radius 1 is 1.36 bits per heavy atom. The maximum absolute atomic E-state index is 5.89. The van der Waals surface area contributed by atoms with E-state index in [4.69, 9.17) is 11.6 Å². The molecule has 0 spiro atoms. The van der Waals surface area contributed by atoms with E-state index >= 15 is 0 Å². The summed E-state index contributed by atoms with van der Waals surface area (Å²) in [5.41, 5.74) is 3.24. The molecule has 2 atom stereocenters. The molecule has 0 bridgehead atoms. The number of halogens is 1. The molecule has 0 N–H and O–H groups in total. The van der Waals surface area contributed by atoms with E-state index in [-0.39, 0.29) is 0 Å². The fraction of sp³-hybridized carbons (Fsp3) is 0.538. The third-order valence-electron chi connectivity index (χ3n) is 3.62. The number of aryl methyl sites for hydroxylation is 1. The van der Waals surface area contributed by atoms with Gasteiger partial charge in [-0.2, -0.15) is 0 Å². The molecule has 1 aromatic carbocycles. The molecule has 14 heavy (non-hydrogen) atoms. The molecule has 0 amide bonds. The van der Waals surface area contributed by atoms with Gasteiger partial charge >= 0.3 is 0 Å². The van der Waals surface area contributed by atoms with E-state index in [1.54, 1.807) is 0 Å². The second kappa shape index (κ2) is 3.58. The lowest BCUT2D eigenvalue weighted by Gasteiger charge is -2.11. The minimum Gasteiger partial charge on any atom is -0.126 e. The van der Waals surface area contributed by atoms with Gasteiger partial charge in [-0.15, -0.1) is 11.6 Å². The predicted octanol–water partition coefficient (Wildman–Crippen LogP) is 3.77. The van der Waals surface area contributed by atoms with Gasteiger partial charge in [0.1, 0.15) is 0 Å². The van der Waals surface area contributed by atoms with Crippen molar-refractivity contribution in [3.8, 4) is 0 Å². The normalized spacial score (nSPS) is 30.4. The molecule has 2 rings (SSSR count). The van der Waals surface area contributed by atoms with Crippen molar-refractivity contribution in [1.82, 2.24) is 0 Å². The SMILES string of the molecule is CCc1ccc(C2(C)CC2CCl)cc1. The van der Waals surface area contributed by atoms with E-state index in [2.05, 4.69) is 38.1 Å². The van der Waals surface area contributed by atoms with Crippen LogP contribution >= 0.6 is 11.6 Å². The van der Waals surface area contributed by atoms with E-state index in [1.165, 1.54) is 17.5 Å². The van der Waals surface area contributed by atoms with Gasteiger partial charge in [-0.25, -0.2) is 0 Å². The Morgan fingerprint density at radius 2 is 2.00 bits per heavy atom. The van der Waals surface area contributed by atoms with E-state index in [1.807, 2.05) is 0 Å². The average molecular weight is 209 g/mol. The molecule has 2 unspecified atom stereocenters. The maximum Gasteiger partial charge on any atom is 0.0260 e. The largest absolute Gasteiger partial charge is 0.126 e. The van der Waals surface area contributed by atoms with Crippen LogP contribution in [0.5, 0.6) is 0 Å². The number of hydrogen-bond acceptors (Lipinski definition) is 0. The summed E-state index contributed by atoms with van der Waals surface area (Å²) in [4.78, 5) is 0. The number of benzene rings is 1. The Balaban J connectivity index is 2.18. The molecule has 0 nitrogen and oxygen atoms in total. The summed E-state index contributed by atoms with van der Waals surface area (Å²) >= 11 is 5.89. The third kappa shape index (κ3) is 1.56. The minimum atomic E-state index is 0.369. The van der Waals surface area contributed by atoms with E-state index in [9.17, 15) is 0 Å². The number of hydrogen-bond donors (Lipinski definition) is 0. The molecule has 1 saturated carbocycles. The van der Waals surface area contributed by atoms with Gasteiger partial charge in [-0.05, 0) is 35.3 Å². The van der Waals surface area contributed by atoms with Crippen molar-refractivity contribution in [3.05, 3.63) is 35.4 Å². The summed E-state index contributed by atoms with van der Waals surface area (Å²) < 4.78 is 0. The van der Waals surface area contributed by atoms with Crippen LogP contribution in [0.15, 0.2) is 24.3 Å². The summed E-state index contributed by atoms with van der Waals surface area (Å²) in [6, 6.07) is 9.02. The van der Waals surface area contributed by atoms with Crippen LogP contribution in [-0.2, 0) is 11.8 Å². The lowest BCUT2D eigenvalue weighted by molar-refractivity contribution is 0.705. The van der Waals surface area contributed by atoms with Gasteiger partial charge in [0.15, 0.2) is 0 Å². The smallest absolute Gasteiger partial charge is 0.0260 e. The lowest BCUT2D eigenvalue weighted by Crippen LogP contribution is -2.05. The van der Waals surface area contributed by atoms with E-state index in [0.717, 1.165) is 12.3 Å². The zero-order chi connectivity index (χ0) is 10.2. The molecule has 0 heterocycles. The van der Waals surface area contributed by atoms with Gasteiger partial charge in [0.2, 0.25) is 0 Å². The van der Waals surface area contributed by atoms with E-state index < -0.39 is 0 Å². The maximum atomic E-state index is 5.89. The van der Waals surface area contributed by atoms with Crippen molar-refractivity contribution >= 4 is 11.6 Å². The summed E-state index contributed by atoms with van der Waals surface area (Å²) in [5.74, 6) is 1.49. The molecule has 1 fully saturated rings. The molecular weight excluding hydrogens is 192 g/mol. The molecule has 1 aliphatic rings. The molecule has 0 radical (unpaired) electrons. The van der Waals surface area contributed by atoms with Crippen molar-refractivity contribution in [2.75, 3.05) is 5.88 Å².